The largest absolute Gasteiger partial charge is 0.465 e. The number of likely N-dealkylation sites (tertiary alicyclic amines) is 1. The van der Waals surface area contributed by atoms with Crippen LogP contribution in [0.25, 0.3) is 0 Å². The number of rotatable bonds is 6. The van der Waals surface area contributed by atoms with Crippen LogP contribution < -0.4 is 5.32 Å². The van der Waals surface area contributed by atoms with Crippen molar-refractivity contribution < 1.29 is 14.7 Å². The number of aryl methyl sites for hydroxylation is 1. The van der Waals surface area contributed by atoms with E-state index < -0.39 is 11.5 Å². The molecule has 1 heterocycles. The molecule has 1 aliphatic heterocycles. The van der Waals surface area contributed by atoms with Gasteiger partial charge in [-0.15, -0.1) is 0 Å². The number of hydrogen-bond donors (Lipinski definition) is 2. The molecule has 0 radical (unpaired) electrons. The third kappa shape index (κ3) is 4.48. The molecule has 27 heavy (non-hydrogen) atoms. The fourth-order valence-electron chi connectivity index (χ4n) is 3.79. The highest BCUT2D eigenvalue weighted by molar-refractivity contribution is 5.88. The molecule has 0 aliphatic carbocycles. The van der Waals surface area contributed by atoms with E-state index in [0.717, 1.165) is 18.4 Å². The zero-order valence-electron chi connectivity index (χ0n) is 15.4. The van der Waals surface area contributed by atoms with Crippen molar-refractivity contribution in [3.05, 3.63) is 71.8 Å². The molecule has 1 aliphatic rings. The Balaban J connectivity index is 1.64. The first-order chi connectivity index (χ1) is 13.1. The Labute approximate surface area is 160 Å². The maximum absolute atomic E-state index is 13.1. The van der Waals surface area contributed by atoms with E-state index in [1.54, 1.807) is 0 Å². The van der Waals surface area contributed by atoms with Crippen LogP contribution in [0.4, 0.5) is 4.79 Å². The van der Waals surface area contributed by atoms with Gasteiger partial charge in [-0.3, -0.25) is 4.79 Å². The van der Waals surface area contributed by atoms with Gasteiger partial charge in [-0.2, -0.15) is 0 Å². The summed E-state index contributed by atoms with van der Waals surface area (Å²) in [5, 5.41) is 12.3. The Hall–Kier alpha value is -2.82. The van der Waals surface area contributed by atoms with Gasteiger partial charge in [0.25, 0.3) is 0 Å². The first-order valence-corrected chi connectivity index (χ1v) is 9.47. The van der Waals surface area contributed by atoms with E-state index in [9.17, 15) is 14.7 Å². The molecule has 142 valence electrons. The number of nitrogens with zero attached hydrogens (tertiary/aromatic N) is 1. The second-order valence-corrected chi connectivity index (χ2v) is 7.06. The lowest BCUT2D eigenvalue weighted by atomic mass is 9.72. The summed E-state index contributed by atoms with van der Waals surface area (Å²) in [4.78, 5) is 25.8. The average Bonchev–Trinajstić information content (AvgIpc) is 2.72. The van der Waals surface area contributed by atoms with Crippen LogP contribution in [0, 0.1) is 0 Å². The lowest BCUT2D eigenvalue weighted by molar-refractivity contribution is -0.128. The summed E-state index contributed by atoms with van der Waals surface area (Å²) < 4.78 is 0. The molecule has 2 N–H and O–H groups in total. The molecule has 5 heteroatoms. The van der Waals surface area contributed by atoms with E-state index >= 15 is 0 Å². The van der Waals surface area contributed by atoms with Crippen LogP contribution in [0.2, 0.25) is 0 Å². The highest BCUT2D eigenvalue weighted by atomic mass is 16.4. The van der Waals surface area contributed by atoms with Gasteiger partial charge in [0.05, 0.1) is 5.41 Å². The number of benzene rings is 2. The zero-order valence-corrected chi connectivity index (χ0v) is 15.4. The lowest BCUT2D eigenvalue weighted by Gasteiger charge is -2.40. The van der Waals surface area contributed by atoms with E-state index in [2.05, 4.69) is 17.4 Å². The van der Waals surface area contributed by atoms with Crippen molar-refractivity contribution in [2.45, 2.75) is 31.1 Å². The molecule has 1 saturated heterocycles. The van der Waals surface area contributed by atoms with Gasteiger partial charge < -0.3 is 15.3 Å². The SMILES string of the molecule is O=C(O)N1CCC(C(=O)NCCCc2ccccc2)(c2ccccc2)CC1. The molecule has 0 aromatic heterocycles. The Bertz CT molecular complexity index is 754. The van der Waals surface area contributed by atoms with Gasteiger partial charge in [0.1, 0.15) is 0 Å². The topological polar surface area (TPSA) is 69.6 Å². The molecular formula is C22H26N2O3. The Morgan fingerprint density at radius 2 is 1.56 bits per heavy atom. The van der Waals surface area contributed by atoms with E-state index in [1.807, 2.05) is 48.5 Å². The van der Waals surface area contributed by atoms with E-state index in [1.165, 1.54) is 10.5 Å². The molecule has 2 aromatic rings. The maximum Gasteiger partial charge on any atom is 0.407 e. The van der Waals surface area contributed by atoms with Crippen LogP contribution >= 0.6 is 0 Å². The highest BCUT2D eigenvalue weighted by Gasteiger charge is 2.43. The van der Waals surface area contributed by atoms with Crippen LogP contribution in [0.5, 0.6) is 0 Å². The molecule has 0 bridgehead atoms. The number of carbonyl (C=O) groups is 2. The molecule has 3 rings (SSSR count). The van der Waals surface area contributed by atoms with Crippen molar-refractivity contribution in [3.8, 4) is 0 Å². The average molecular weight is 366 g/mol. The molecule has 1 fully saturated rings. The van der Waals surface area contributed by atoms with E-state index in [4.69, 9.17) is 0 Å². The van der Waals surface area contributed by atoms with Crippen LogP contribution in [-0.4, -0.2) is 41.6 Å². The minimum atomic E-state index is -0.917. The zero-order chi connectivity index (χ0) is 19.1. The predicted molar refractivity (Wildman–Crippen MR) is 105 cm³/mol. The van der Waals surface area contributed by atoms with Gasteiger partial charge in [-0.05, 0) is 36.8 Å². The summed E-state index contributed by atoms with van der Waals surface area (Å²) in [6.45, 7) is 1.37. The number of amides is 2. The summed E-state index contributed by atoms with van der Waals surface area (Å²) in [7, 11) is 0. The molecular weight excluding hydrogens is 340 g/mol. The third-order valence-electron chi connectivity index (χ3n) is 5.42. The summed E-state index contributed by atoms with van der Waals surface area (Å²) in [5.74, 6) is 0.00630. The van der Waals surface area contributed by atoms with Gasteiger partial charge in [-0.1, -0.05) is 60.7 Å². The summed E-state index contributed by atoms with van der Waals surface area (Å²) in [6.07, 6.45) is 1.90. The van der Waals surface area contributed by atoms with Gasteiger partial charge in [0.2, 0.25) is 5.91 Å². The molecule has 0 saturated carbocycles. The van der Waals surface area contributed by atoms with Crippen molar-refractivity contribution in [3.63, 3.8) is 0 Å². The standard InChI is InChI=1S/C22H26N2O3/c25-20(23-15-7-10-18-8-3-1-4-9-18)22(19-11-5-2-6-12-19)13-16-24(17-14-22)21(26)27/h1-6,8-9,11-12H,7,10,13-17H2,(H,23,25)(H,26,27). The predicted octanol–water partition coefficient (Wildman–Crippen LogP) is 3.45. The van der Waals surface area contributed by atoms with Gasteiger partial charge in [0.15, 0.2) is 0 Å². The van der Waals surface area contributed by atoms with Gasteiger partial charge in [-0.25, -0.2) is 4.79 Å². The second-order valence-electron chi connectivity index (χ2n) is 7.06. The normalized spacial score (nSPS) is 15.9. The Morgan fingerprint density at radius 1 is 0.963 bits per heavy atom. The molecule has 5 nitrogen and oxygen atoms in total. The highest BCUT2D eigenvalue weighted by Crippen LogP contribution is 2.36. The fraction of sp³-hybridized carbons (Fsp3) is 0.364. The number of piperidine rings is 1. The van der Waals surface area contributed by atoms with Gasteiger partial charge in [0, 0.05) is 19.6 Å². The molecule has 0 unspecified atom stereocenters. The quantitative estimate of drug-likeness (QED) is 0.770. The fourth-order valence-corrected chi connectivity index (χ4v) is 3.79. The first kappa shape index (κ1) is 19.0. The molecule has 0 atom stereocenters. The summed E-state index contributed by atoms with van der Waals surface area (Å²) >= 11 is 0. The number of carboxylic acid groups (broad SMARTS) is 1. The molecule has 2 aromatic carbocycles. The summed E-state index contributed by atoms with van der Waals surface area (Å²) in [6, 6.07) is 20.0. The number of hydrogen-bond acceptors (Lipinski definition) is 2. The van der Waals surface area contributed by atoms with Crippen molar-refractivity contribution in [2.75, 3.05) is 19.6 Å². The summed E-state index contributed by atoms with van der Waals surface area (Å²) in [5.41, 5.74) is 1.58. The molecule has 0 spiro atoms. The van der Waals surface area contributed by atoms with Crippen LogP contribution in [0.1, 0.15) is 30.4 Å². The van der Waals surface area contributed by atoms with Gasteiger partial charge >= 0.3 is 6.09 Å². The number of nitrogens with one attached hydrogen (secondary N) is 1. The lowest BCUT2D eigenvalue weighted by Crippen LogP contribution is -2.52. The van der Waals surface area contributed by atoms with E-state index in [0.29, 0.717) is 32.5 Å². The Morgan fingerprint density at radius 3 is 2.15 bits per heavy atom. The van der Waals surface area contributed by atoms with Crippen LogP contribution in [-0.2, 0) is 16.6 Å². The van der Waals surface area contributed by atoms with Crippen molar-refractivity contribution in [2.24, 2.45) is 0 Å². The van der Waals surface area contributed by atoms with E-state index in [-0.39, 0.29) is 5.91 Å². The Kier molecular flexibility index (Phi) is 6.12. The minimum Gasteiger partial charge on any atom is -0.465 e. The third-order valence-corrected chi connectivity index (χ3v) is 5.42. The number of carbonyl (C=O) groups excluding carboxylic acids is 1. The van der Waals surface area contributed by atoms with Crippen molar-refractivity contribution >= 4 is 12.0 Å². The monoisotopic (exact) mass is 366 g/mol. The maximum atomic E-state index is 13.1. The first-order valence-electron chi connectivity index (χ1n) is 9.47. The van der Waals surface area contributed by atoms with Crippen LogP contribution in [0.3, 0.4) is 0 Å². The molecule has 2 amide bonds. The second kappa shape index (κ2) is 8.71. The van der Waals surface area contributed by atoms with Crippen molar-refractivity contribution in [1.82, 2.24) is 10.2 Å². The minimum absolute atomic E-state index is 0.00630. The van der Waals surface area contributed by atoms with Crippen LogP contribution in [0.15, 0.2) is 60.7 Å². The smallest absolute Gasteiger partial charge is 0.407 e. The van der Waals surface area contributed by atoms with Crippen molar-refractivity contribution in [1.29, 1.82) is 0 Å².